The van der Waals surface area contributed by atoms with Gasteiger partial charge in [0.05, 0.1) is 12.7 Å². The average Bonchev–Trinajstić information content (AvgIpc) is 2.76. The van der Waals surface area contributed by atoms with E-state index in [0.717, 1.165) is 24.2 Å². The van der Waals surface area contributed by atoms with Crippen LogP contribution < -0.4 is 9.46 Å². The summed E-state index contributed by atoms with van der Waals surface area (Å²) in [5.74, 6) is -0.988. The van der Waals surface area contributed by atoms with Crippen molar-refractivity contribution in [2.24, 2.45) is 0 Å². The predicted molar refractivity (Wildman–Crippen MR) is 133 cm³/mol. The Kier molecular flexibility index (Phi) is 11.2. The zero-order chi connectivity index (χ0) is 24.5. The summed E-state index contributed by atoms with van der Waals surface area (Å²) in [6.07, 6.45) is 6.47. The largest absolute Gasteiger partial charge is 0.598 e. The summed E-state index contributed by atoms with van der Waals surface area (Å²) in [4.78, 5) is 11.2. The van der Waals surface area contributed by atoms with Crippen LogP contribution in [0.3, 0.4) is 0 Å². The highest BCUT2D eigenvalue weighted by Gasteiger charge is 2.40. The number of aliphatic carboxylic acids is 1. The van der Waals surface area contributed by atoms with Gasteiger partial charge < -0.3 is 18.9 Å². The Balaban J connectivity index is 2.19. The monoisotopic (exact) mass is 501 g/mol. The lowest BCUT2D eigenvalue weighted by atomic mass is 9.97. The van der Waals surface area contributed by atoms with Gasteiger partial charge in [-0.15, -0.1) is 4.72 Å². The minimum atomic E-state index is -3.36. The number of hydrogen-bond acceptors (Lipinski definition) is 6. The Hall–Kier alpha value is -1.05. The predicted octanol–water partition coefficient (Wildman–Crippen LogP) is 5.50. The maximum Gasteiger partial charge on any atom is 0.303 e. The summed E-state index contributed by atoms with van der Waals surface area (Å²) in [5.41, 5.74) is 0.955. The van der Waals surface area contributed by atoms with E-state index in [-0.39, 0.29) is 31.7 Å². The number of benzene rings is 1. The van der Waals surface area contributed by atoms with Crippen LogP contribution in [0.4, 0.5) is 0 Å². The minimum Gasteiger partial charge on any atom is -0.598 e. The Morgan fingerprint density at radius 3 is 2.55 bits per heavy atom. The van der Waals surface area contributed by atoms with E-state index in [1.165, 1.54) is 19.3 Å². The normalized spacial score (nSPS) is 18.9. The fourth-order valence-electron chi connectivity index (χ4n) is 3.89. The first-order valence-electron chi connectivity index (χ1n) is 11.9. The van der Waals surface area contributed by atoms with Crippen molar-refractivity contribution >= 4 is 24.7 Å². The van der Waals surface area contributed by atoms with Gasteiger partial charge in [0.2, 0.25) is 7.37 Å². The van der Waals surface area contributed by atoms with Crippen LogP contribution in [0.1, 0.15) is 78.2 Å². The summed E-state index contributed by atoms with van der Waals surface area (Å²) < 4.78 is 41.2. The molecule has 0 radical (unpaired) electrons. The van der Waals surface area contributed by atoms with Crippen molar-refractivity contribution in [2.45, 2.75) is 95.7 Å². The molecular formula is C24H40NO6PS. The molecule has 9 heteroatoms. The molecule has 2 rings (SSSR count). The van der Waals surface area contributed by atoms with Crippen LogP contribution in [0.25, 0.3) is 0 Å². The van der Waals surface area contributed by atoms with Crippen molar-refractivity contribution in [3.05, 3.63) is 29.8 Å². The van der Waals surface area contributed by atoms with Gasteiger partial charge in [-0.05, 0) is 77.8 Å². The smallest absolute Gasteiger partial charge is 0.303 e. The SMILES string of the molecule is CCOP(=O)(CCc1ccccc1OC1CCCCC1)[C@H](CCC(=O)O)N[S@@+]([O-])C(C)(C)C. The zero-order valence-corrected chi connectivity index (χ0v) is 22.1. The maximum atomic E-state index is 14.0. The van der Waals surface area contributed by atoms with E-state index in [1.807, 2.05) is 45.0 Å². The van der Waals surface area contributed by atoms with Crippen molar-refractivity contribution in [3.8, 4) is 5.75 Å². The summed E-state index contributed by atoms with van der Waals surface area (Å²) in [6, 6.07) is 7.79. The van der Waals surface area contributed by atoms with Crippen LogP contribution in [0.2, 0.25) is 0 Å². The van der Waals surface area contributed by atoms with E-state index in [4.69, 9.17) is 9.26 Å². The molecule has 1 aliphatic rings. The van der Waals surface area contributed by atoms with Crippen molar-refractivity contribution < 1.29 is 28.3 Å². The standard InChI is InChI=1S/C24H40NO6PS/c1-5-30-32(28,22(15-16-23(26)27)25-33(29)24(2,3)4)18-17-19-11-9-10-14-21(19)31-20-12-7-6-8-13-20/h9-11,14,20,22,25H,5-8,12-13,15-18H2,1-4H3,(H,26,27)/t22-,32?,33+/m1/s1. The number of aryl methyl sites for hydroxylation is 1. The summed E-state index contributed by atoms with van der Waals surface area (Å²) in [6.45, 7) is 7.44. The molecule has 33 heavy (non-hydrogen) atoms. The van der Waals surface area contributed by atoms with Crippen molar-refractivity contribution in [1.29, 1.82) is 0 Å². The number of carbonyl (C=O) groups is 1. The highest BCUT2D eigenvalue weighted by Crippen LogP contribution is 2.53. The molecule has 0 aromatic heterocycles. The third-order valence-corrected chi connectivity index (χ3v) is 10.4. The zero-order valence-electron chi connectivity index (χ0n) is 20.4. The highest BCUT2D eigenvalue weighted by atomic mass is 32.2. The summed E-state index contributed by atoms with van der Waals surface area (Å²) >= 11 is -1.51. The molecule has 7 nitrogen and oxygen atoms in total. The topological polar surface area (TPSA) is 108 Å². The molecule has 1 saturated carbocycles. The Bertz CT molecular complexity index is 793. The van der Waals surface area contributed by atoms with Crippen LogP contribution in [-0.4, -0.2) is 45.0 Å². The quantitative estimate of drug-likeness (QED) is 0.271. The fraction of sp³-hybridized carbons (Fsp3) is 0.708. The molecule has 3 atom stereocenters. The molecule has 0 spiro atoms. The molecule has 1 aliphatic carbocycles. The third kappa shape index (κ3) is 9.25. The first kappa shape index (κ1) is 28.2. The number of hydrogen-bond donors (Lipinski definition) is 2. The second-order valence-corrected chi connectivity index (χ2v) is 14.3. The molecule has 1 unspecified atom stereocenters. The van der Waals surface area contributed by atoms with Gasteiger partial charge in [-0.25, -0.2) is 0 Å². The Morgan fingerprint density at radius 2 is 1.94 bits per heavy atom. The molecule has 188 valence electrons. The van der Waals surface area contributed by atoms with Crippen molar-refractivity contribution in [2.75, 3.05) is 12.8 Å². The van der Waals surface area contributed by atoms with E-state index < -0.39 is 35.2 Å². The second kappa shape index (κ2) is 13.1. The van der Waals surface area contributed by atoms with E-state index in [2.05, 4.69) is 4.72 Å². The van der Waals surface area contributed by atoms with Crippen LogP contribution in [0.5, 0.6) is 5.75 Å². The number of carboxylic acids is 1. The van der Waals surface area contributed by atoms with Gasteiger partial charge in [-0.2, -0.15) is 0 Å². The van der Waals surface area contributed by atoms with Gasteiger partial charge in [0, 0.05) is 23.9 Å². The molecule has 1 aromatic rings. The number of para-hydroxylation sites is 1. The molecular weight excluding hydrogens is 461 g/mol. The van der Waals surface area contributed by atoms with Gasteiger partial charge in [0.1, 0.15) is 16.3 Å². The van der Waals surface area contributed by atoms with Gasteiger partial charge in [-0.3, -0.25) is 9.36 Å². The number of carboxylic acid groups (broad SMARTS) is 1. The van der Waals surface area contributed by atoms with E-state index in [0.29, 0.717) is 6.42 Å². The molecule has 0 amide bonds. The van der Waals surface area contributed by atoms with Crippen LogP contribution in [0.15, 0.2) is 24.3 Å². The second-order valence-electron chi connectivity index (χ2n) is 9.55. The van der Waals surface area contributed by atoms with Gasteiger partial charge >= 0.3 is 5.97 Å². The first-order valence-corrected chi connectivity index (χ1v) is 15.0. The lowest BCUT2D eigenvalue weighted by molar-refractivity contribution is -0.137. The Labute approximate surface area is 201 Å². The highest BCUT2D eigenvalue weighted by molar-refractivity contribution is 7.91. The molecule has 2 N–H and O–H groups in total. The Morgan fingerprint density at radius 1 is 1.27 bits per heavy atom. The van der Waals surface area contributed by atoms with Crippen LogP contribution in [-0.2, 0) is 31.7 Å². The molecule has 0 saturated heterocycles. The molecule has 0 aliphatic heterocycles. The number of nitrogens with one attached hydrogen (secondary N) is 1. The number of rotatable bonds is 13. The lowest BCUT2D eigenvalue weighted by Crippen LogP contribution is -2.45. The molecule has 1 fully saturated rings. The van der Waals surface area contributed by atoms with Crippen LogP contribution in [0, 0.1) is 0 Å². The van der Waals surface area contributed by atoms with Gasteiger partial charge in [0.15, 0.2) is 0 Å². The molecule has 0 heterocycles. The van der Waals surface area contributed by atoms with Crippen molar-refractivity contribution in [3.63, 3.8) is 0 Å². The average molecular weight is 502 g/mol. The first-order chi connectivity index (χ1) is 15.5. The minimum absolute atomic E-state index is 0.0780. The van der Waals surface area contributed by atoms with E-state index in [1.54, 1.807) is 6.92 Å². The molecule has 1 aromatic carbocycles. The molecule has 0 bridgehead atoms. The maximum absolute atomic E-state index is 14.0. The van der Waals surface area contributed by atoms with Crippen molar-refractivity contribution in [1.82, 2.24) is 4.72 Å². The van der Waals surface area contributed by atoms with Gasteiger partial charge in [0.25, 0.3) is 0 Å². The fourth-order valence-corrected chi connectivity index (χ4v) is 7.67. The van der Waals surface area contributed by atoms with E-state index >= 15 is 0 Å². The van der Waals surface area contributed by atoms with Crippen LogP contribution >= 0.6 is 7.37 Å². The lowest BCUT2D eigenvalue weighted by Gasteiger charge is -2.32. The van der Waals surface area contributed by atoms with E-state index in [9.17, 15) is 19.0 Å². The summed E-state index contributed by atoms with van der Waals surface area (Å²) in [7, 11) is -3.36. The number of ether oxygens (including phenoxy) is 1. The van der Waals surface area contributed by atoms with Gasteiger partial charge in [-0.1, -0.05) is 24.6 Å². The third-order valence-electron chi connectivity index (χ3n) is 5.76. The summed E-state index contributed by atoms with van der Waals surface area (Å²) in [5, 5.41) is 9.20.